The summed E-state index contributed by atoms with van der Waals surface area (Å²) in [6.07, 6.45) is 5.47. The van der Waals surface area contributed by atoms with Crippen LogP contribution >= 0.6 is 0 Å². The summed E-state index contributed by atoms with van der Waals surface area (Å²) in [5, 5.41) is 21.2. The highest BCUT2D eigenvalue weighted by Crippen LogP contribution is 2.33. The Morgan fingerprint density at radius 3 is 2.27 bits per heavy atom. The molecule has 0 aromatic heterocycles. The van der Waals surface area contributed by atoms with Gasteiger partial charge in [0.15, 0.2) is 5.84 Å². The number of aromatic hydroxyl groups is 2. The molecule has 0 bridgehead atoms. The molecule has 6 nitrogen and oxygen atoms in total. The molecule has 0 saturated heterocycles. The van der Waals surface area contributed by atoms with Crippen molar-refractivity contribution in [1.29, 1.82) is 0 Å². The van der Waals surface area contributed by atoms with Crippen LogP contribution in [0.4, 0.5) is 0 Å². The van der Waals surface area contributed by atoms with Crippen molar-refractivity contribution in [3.63, 3.8) is 0 Å². The summed E-state index contributed by atoms with van der Waals surface area (Å²) in [5.41, 5.74) is 4.65. The lowest BCUT2D eigenvalue weighted by Gasteiger charge is -2.17. The number of hydrogen-bond acceptors (Lipinski definition) is 6. The molecule has 1 unspecified atom stereocenters. The number of phenols is 2. The Labute approximate surface area is 236 Å². The normalized spacial score (nSPS) is 16.4. The molecule has 208 valence electrons. The monoisotopic (exact) mass is 538 g/mol. The zero-order valence-electron chi connectivity index (χ0n) is 23.6. The molecule has 1 aliphatic heterocycles. The second kappa shape index (κ2) is 13.7. The second-order valence-corrected chi connectivity index (χ2v) is 10.3. The third-order valence-electron chi connectivity index (χ3n) is 7.32. The van der Waals surface area contributed by atoms with Gasteiger partial charge in [0.2, 0.25) is 0 Å². The Balaban J connectivity index is 1.75. The second-order valence-electron chi connectivity index (χ2n) is 10.3. The topological polar surface area (TPSA) is 91.5 Å². The van der Waals surface area contributed by atoms with E-state index in [1.165, 1.54) is 0 Å². The van der Waals surface area contributed by atoms with Gasteiger partial charge in [-0.2, -0.15) is 0 Å². The van der Waals surface area contributed by atoms with Crippen molar-refractivity contribution < 1.29 is 19.7 Å². The van der Waals surface area contributed by atoms with Crippen molar-refractivity contribution in [1.82, 2.24) is 0 Å². The Morgan fingerprint density at radius 1 is 0.900 bits per heavy atom. The summed E-state index contributed by atoms with van der Waals surface area (Å²) in [6.45, 7) is 6.68. The van der Waals surface area contributed by atoms with Crippen molar-refractivity contribution in [2.75, 3.05) is 6.61 Å². The van der Waals surface area contributed by atoms with Crippen LogP contribution in [-0.2, 0) is 4.74 Å². The molecule has 4 rings (SSSR count). The van der Waals surface area contributed by atoms with Crippen LogP contribution in [0.25, 0.3) is 5.70 Å². The van der Waals surface area contributed by atoms with E-state index in [1.54, 1.807) is 42.5 Å². The minimum Gasteiger partial charge on any atom is -0.507 e. The number of allylic oxidation sites excluding steroid dienone is 1. The van der Waals surface area contributed by atoms with Crippen LogP contribution in [0.15, 0.2) is 88.4 Å². The first-order valence-corrected chi connectivity index (χ1v) is 14.1. The van der Waals surface area contributed by atoms with Crippen LogP contribution < -0.4 is 0 Å². The van der Waals surface area contributed by atoms with Gasteiger partial charge in [0.05, 0.1) is 23.6 Å². The molecule has 0 fully saturated rings. The fourth-order valence-electron chi connectivity index (χ4n) is 4.80. The summed E-state index contributed by atoms with van der Waals surface area (Å²) in [4.78, 5) is 22.9. The van der Waals surface area contributed by atoms with E-state index in [4.69, 9.17) is 14.7 Å². The van der Waals surface area contributed by atoms with Gasteiger partial charge in [-0.1, -0.05) is 69.5 Å². The maximum Gasteiger partial charge on any atom is 0.338 e. The number of para-hydroxylation sites is 2. The van der Waals surface area contributed by atoms with E-state index >= 15 is 0 Å². The maximum absolute atomic E-state index is 13.0. The van der Waals surface area contributed by atoms with Gasteiger partial charge in [-0.05, 0) is 74.1 Å². The van der Waals surface area contributed by atoms with E-state index in [9.17, 15) is 15.0 Å². The van der Waals surface area contributed by atoms with Crippen LogP contribution in [0.1, 0.15) is 86.3 Å². The van der Waals surface area contributed by atoms with Crippen LogP contribution in [0.2, 0.25) is 0 Å². The van der Waals surface area contributed by atoms with E-state index < -0.39 is 0 Å². The van der Waals surface area contributed by atoms with Gasteiger partial charge in [-0.3, -0.25) is 0 Å². The van der Waals surface area contributed by atoms with Gasteiger partial charge >= 0.3 is 5.97 Å². The van der Waals surface area contributed by atoms with E-state index in [0.29, 0.717) is 64.9 Å². The standard InChI is InChI=1S/C34H38N2O4/c1-4-6-12-24(5-2)22-40-34(39)26-14-11-13-25(21-26)33-35-29(27-15-7-9-17-30(27)37)20-19-23(3)32(36-33)28-16-8-10-18-31(28)38/h7-11,13-18,21,24,37-38H,4-6,12,19-20,22H2,1-3H3/b32-23+,35-29?,36-33?. The Bertz CT molecular complexity index is 1440. The van der Waals surface area contributed by atoms with Crippen LogP contribution in [0, 0.1) is 5.92 Å². The number of benzene rings is 3. The third-order valence-corrected chi connectivity index (χ3v) is 7.32. The van der Waals surface area contributed by atoms with Gasteiger partial charge in [0.25, 0.3) is 0 Å². The van der Waals surface area contributed by atoms with Crippen molar-refractivity contribution in [2.24, 2.45) is 15.9 Å². The minimum atomic E-state index is -0.374. The molecule has 0 aliphatic carbocycles. The summed E-state index contributed by atoms with van der Waals surface area (Å²) < 4.78 is 5.70. The molecule has 1 atom stereocenters. The SMILES string of the molecule is CCCCC(CC)COC(=O)c1cccc(C2=N/C(c3ccccc3O)=C(\C)CCC(c3ccccc3O)=N2)c1. The molecule has 0 saturated carbocycles. The Hall–Kier alpha value is -4.19. The number of aliphatic imine (C=N–C) groups is 2. The average molecular weight is 539 g/mol. The summed E-state index contributed by atoms with van der Waals surface area (Å²) in [6, 6.07) is 21.4. The van der Waals surface area contributed by atoms with Gasteiger partial charge in [-0.15, -0.1) is 0 Å². The number of ether oxygens (including phenoxy) is 1. The predicted octanol–water partition coefficient (Wildman–Crippen LogP) is 7.93. The number of hydrogen-bond donors (Lipinski definition) is 2. The third kappa shape index (κ3) is 7.06. The Morgan fingerprint density at radius 2 is 1.60 bits per heavy atom. The molecule has 0 spiro atoms. The molecule has 0 radical (unpaired) electrons. The highest BCUT2D eigenvalue weighted by Gasteiger charge is 2.20. The van der Waals surface area contributed by atoms with Gasteiger partial charge in [0, 0.05) is 16.7 Å². The largest absolute Gasteiger partial charge is 0.507 e. The van der Waals surface area contributed by atoms with E-state index in [2.05, 4.69) is 13.8 Å². The van der Waals surface area contributed by atoms with Crippen LogP contribution in [0.3, 0.4) is 0 Å². The highest BCUT2D eigenvalue weighted by molar-refractivity contribution is 6.15. The summed E-state index contributed by atoms with van der Waals surface area (Å²) in [7, 11) is 0. The summed E-state index contributed by atoms with van der Waals surface area (Å²) in [5.74, 6) is 0.647. The smallest absolute Gasteiger partial charge is 0.338 e. The van der Waals surface area contributed by atoms with E-state index in [0.717, 1.165) is 31.3 Å². The lowest BCUT2D eigenvalue weighted by atomic mass is 9.97. The number of amidine groups is 1. The lowest BCUT2D eigenvalue weighted by molar-refractivity contribution is 0.0428. The molecular weight excluding hydrogens is 500 g/mol. The highest BCUT2D eigenvalue weighted by atomic mass is 16.5. The quantitative estimate of drug-likeness (QED) is 0.256. The van der Waals surface area contributed by atoms with Gasteiger partial charge < -0.3 is 14.9 Å². The fraction of sp³-hybridized carbons (Fsp3) is 0.324. The molecule has 6 heteroatoms. The molecule has 40 heavy (non-hydrogen) atoms. The van der Waals surface area contributed by atoms with Crippen molar-refractivity contribution >= 4 is 23.2 Å². The molecule has 2 N–H and O–H groups in total. The van der Waals surface area contributed by atoms with Crippen molar-refractivity contribution in [3.8, 4) is 11.5 Å². The number of esters is 1. The lowest BCUT2D eigenvalue weighted by Crippen LogP contribution is -2.15. The summed E-state index contributed by atoms with van der Waals surface area (Å²) >= 11 is 0. The number of unbranched alkanes of at least 4 members (excludes halogenated alkanes) is 1. The number of rotatable bonds is 10. The maximum atomic E-state index is 13.0. The zero-order valence-corrected chi connectivity index (χ0v) is 23.6. The van der Waals surface area contributed by atoms with Crippen LogP contribution in [0.5, 0.6) is 11.5 Å². The number of phenolic OH excluding ortho intramolecular Hbond substituents is 2. The first kappa shape index (κ1) is 28.8. The average Bonchev–Trinajstić information content (AvgIpc) is 2.96. The molecule has 0 amide bonds. The number of carbonyl (C=O) groups excluding carboxylic acids is 1. The predicted molar refractivity (Wildman–Crippen MR) is 161 cm³/mol. The first-order chi connectivity index (χ1) is 19.4. The van der Waals surface area contributed by atoms with E-state index in [1.807, 2.05) is 37.3 Å². The van der Waals surface area contributed by atoms with Crippen molar-refractivity contribution in [2.45, 2.75) is 59.3 Å². The van der Waals surface area contributed by atoms with Crippen molar-refractivity contribution in [3.05, 3.63) is 101 Å². The molecule has 1 aliphatic rings. The van der Waals surface area contributed by atoms with Gasteiger partial charge in [0.1, 0.15) is 11.5 Å². The van der Waals surface area contributed by atoms with Crippen LogP contribution in [-0.4, -0.2) is 34.3 Å². The number of nitrogens with zero attached hydrogens (tertiary/aromatic N) is 2. The van der Waals surface area contributed by atoms with Gasteiger partial charge in [-0.25, -0.2) is 14.8 Å². The molecular formula is C34H38N2O4. The van der Waals surface area contributed by atoms with E-state index in [-0.39, 0.29) is 17.5 Å². The Kier molecular flexibility index (Phi) is 9.90. The zero-order chi connectivity index (χ0) is 28.5. The molecule has 3 aromatic carbocycles. The minimum absolute atomic E-state index is 0.135. The molecule has 1 heterocycles. The fourth-order valence-corrected chi connectivity index (χ4v) is 4.80. The first-order valence-electron chi connectivity index (χ1n) is 14.1. The molecule has 3 aromatic rings. The number of carbonyl (C=O) groups is 1.